The van der Waals surface area contributed by atoms with E-state index < -0.39 is 0 Å². The Balaban J connectivity index is 1.44. The smallest absolute Gasteiger partial charge is 0.137 e. The standard InChI is InChI=1S/C23H21ClFN5/c24-22-10-19(25)4-3-15(22)1-2-16-11-27-23-21(16)9-17(12-28-23)18-13-29-30(14-18)20-5-7-26-8-6-20/h1-4,9-14,20,26H,5-8H2,(H,27,28)/b2-1+. The molecule has 5 rings (SSSR count). The van der Waals surface area contributed by atoms with Gasteiger partial charge in [-0.3, -0.25) is 4.68 Å². The van der Waals surface area contributed by atoms with Crippen LogP contribution in [0.5, 0.6) is 0 Å². The van der Waals surface area contributed by atoms with Crippen molar-refractivity contribution in [3.63, 3.8) is 0 Å². The van der Waals surface area contributed by atoms with E-state index in [0.29, 0.717) is 11.1 Å². The maximum atomic E-state index is 13.3. The third-order valence-electron chi connectivity index (χ3n) is 5.59. The number of benzene rings is 1. The number of nitrogens with zero attached hydrogens (tertiary/aromatic N) is 3. The van der Waals surface area contributed by atoms with Gasteiger partial charge in [-0.05, 0) is 49.7 Å². The number of H-pyrrole nitrogens is 1. The molecule has 1 fully saturated rings. The lowest BCUT2D eigenvalue weighted by atomic mass is 10.1. The molecular weight excluding hydrogens is 401 g/mol. The molecule has 0 atom stereocenters. The zero-order valence-electron chi connectivity index (χ0n) is 16.3. The number of aromatic amines is 1. The summed E-state index contributed by atoms with van der Waals surface area (Å²) in [5.74, 6) is -0.344. The van der Waals surface area contributed by atoms with E-state index in [-0.39, 0.29) is 5.82 Å². The van der Waals surface area contributed by atoms with Crippen LogP contribution in [0.3, 0.4) is 0 Å². The van der Waals surface area contributed by atoms with Crippen LogP contribution < -0.4 is 5.32 Å². The van der Waals surface area contributed by atoms with Gasteiger partial charge in [-0.2, -0.15) is 5.10 Å². The molecule has 1 aliphatic rings. The molecule has 1 aliphatic heterocycles. The molecule has 0 unspecified atom stereocenters. The van der Waals surface area contributed by atoms with Gasteiger partial charge in [-0.25, -0.2) is 9.37 Å². The average Bonchev–Trinajstić information content (AvgIpc) is 3.41. The zero-order valence-corrected chi connectivity index (χ0v) is 17.0. The van der Waals surface area contributed by atoms with E-state index in [2.05, 4.69) is 37.3 Å². The lowest BCUT2D eigenvalue weighted by Gasteiger charge is -2.22. The van der Waals surface area contributed by atoms with Crippen LogP contribution in [-0.2, 0) is 0 Å². The van der Waals surface area contributed by atoms with E-state index in [1.54, 1.807) is 6.07 Å². The summed E-state index contributed by atoms with van der Waals surface area (Å²) in [5, 5.41) is 9.38. The summed E-state index contributed by atoms with van der Waals surface area (Å²) in [6.07, 6.45) is 13.8. The van der Waals surface area contributed by atoms with Crippen molar-refractivity contribution in [2.24, 2.45) is 0 Å². The summed E-state index contributed by atoms with van der Waals surface area (Å²) < 4.78 is 15.3. The van der Waals surface area contributed by atoms with Crippen LogP contribution in [0.4, 0.5) is 4.39 Å². The molecule has 1 aromatic carbocycles. The summed E-state index contributed by atoms with van der Waals surface area (Å²) in [5.41, 5.74) is 4.65. The highest BCUT2D eigenvalue weighted by Crippen LogP contribution is 2.28. The van der Waals surface area contributed by atoms with E-state index in [1.807, 2.05) is 30.7 Å². The molecule has 4 heterocycles. The lowest BCUT2D eigenvalue weighted by Crippen LogP contribution is -2.29. The highest BCUT2D eigenvalue weighted by atomic mass is 35.5. The van der Waals surface area contributed by atoms with Crippen molar-refractivity contribution in [3.8, 4) is 11.1 Å². The Labute approximate surface area is 178 Å². The van der Waals surface area contributed by atoms with Gasteiger partial charge in [0.2, 0.25) is 0 Å². The molecule has 2 N–H and O–H groups in total. The number of pyridine rings is 1. The number of rotatable bonds is 4. The molecular formula is C23H21ClFN5. The van der Waals surface area contributed by atoms with E-state index in [4.69, 9.17) is 11.6 Å². The number of aromatic nitrogens is 4. The molecule has 0 saturated carbocycles. The first-order valence-electron chi connectivity index (χ1n) is 10.0. The Kier molecular flexibility index (Phi) is 5.11. The molecule has 0 amide bonds. The van der Waals surface area contributed by atoms with Crippen LogP contribution in [0.1, 0.15) is 30.0 Å². The van der Waals surface area contributed by atoms with Crippen molar-refractivity contribution >= 4 is 34.8 Å². The molecule has 7 heteroatoms. The molecule has 0 radical (unpaired) electrons. The molecule has 0 bridgehead atoms. The monoisotopic (exact) mass is 421 g/mol. The van der Waals surface area contributed by atoms with Gasteiger partial charge in [-0.15, -0.1) is 0 Å². The van der Waals surface area contributed by atoms with Crippen molar-refractivity contribution in [2.45, 2.75) is 18.9 Å². The third kappa shape index (κ3) is 3.76. The van der Waals surface area contributed by atoms with Gasteiger partial charge in [-0.1, -0.05) is 29.8 Å². The van der Waals surface area contributed by atoms with Crippen LogP contribution >= 0.6 is 11.6 Å². The van der Waals surface area contributed by atoms with Crippen LogP contribution in [0.2, 0.25) is 5.02 Å². The van der Waals surface area contributed by atoms with Crippen LogP contribution in [-0.4, -0.2) is 32.8 Å². The second-order valence-electron chi connectivity index (χ2n) is 7.55. The second kappa shape index (κ2) is 8.05. The number of halogens is 2. The normalized spacial score (nSPS) is 15.4. The largest absolute Gasteiger partial charge is 0.346 e. The summed E-state index contributed by atoms with van der Waals surface area (Å²) in [4.78, 5) is 7.77. The maximum absolute atomic E-state index is 13.3. The van der Waals surface area contributed by atoms with Gasteiger partial charge in [0, 0.05) is 40.7 Å². The Bertz CT molecular complexity index is 1220. The zero-order chi connectivity index (χ0) is 20.5. The van der Waals surface area contributed by atoms with Gasteiger partial charge >= 0.3 is 0 Å². The number of fused-ring (bicyclic) bond motifs is 1. The van der Waals surface area contributed by atoms with Crippen molar-refractivity contribution in [2.75, 3.05) is 13.1 Å². The topological polar surface area (TPSA) is 58.5 Å². The molecule has 3 aromatic heterocycles. The maximum Gasteiger partial charge on any atom is 0.137 e. The van der Waals surface area contributed by atoms with Crippen LogP contribution in [0.15, 0.2) is 49.1 Å². The van der Waals surface area contributed by atoms with Crippen molar-refractivity contribution in [1.82, 2.24) is 25.1 Å². The Hall–Kier alpha value is -2.96. The molecule has 30 heavy (non-hydrogen) atoms. The highest BCUT2D eigenvalue weighted by Gasteiger charge is 2.16. The van der Waals surface area contributed by atoms with Crippen molar-refractivity contribution in [1.29, 1.82) is 0 Å². The molecule has 0 spiro atoms. The van der Waals surface area contributed by atoms with Crippen molar-refractivity contribution in [3.05, 3.63) is 71.0 Å². The minimum Gasteiger partial charge on any atom is -0.346 e. The lowest BCUT2D eigenvalue weighted by molar-refractivity contribution is 0.343. The average molecular weight is 422 g/mol. The van der Waals surface area contributed by atoms with Crippen molar-refractivity contribution < 1.29 is 4.39 Å². The van der Waals surface area contributed by atoms with Gasteiger partial charge in [0.15, 0.2) is 0 Å². The number of piperidine rings is 1. The van der Waals surface area contributed by atoms with Gasteiger partial charge in [0.05, 0.1) is 17.3 Å². The van der Waals surface area contributed by atoms with E-state index in [1.165, 1.54) is 12.1 Å². The SMILES string of the molecule is Fc1ccc(/C=C/c2c[nH]c3ncc(-c4cnn(C5CCNCC5)c4)cc23)c(Cl)c1. The Morgan fingerprint density at radius 3 is 2.73 bits per heavy atom. The number of hydrogen-bond donors (Lipinski definition) is 2. The van der Waals surface area contributed by atoms with Crippen LogP contribution in [0.25, 0.3) is 34.3 Å². The predicted molar refractivity (Wildman–Crippen MR) is 119 cm³/mol. The van der Waals surface area contributed by atoms with E-state index in [0.717, 1.165) is 59.2 Å². The Morgan fingerprint density at radius 1 is 1.07 bits per heavy atom. The fourth-order valence-corrected chi connectivity index (χ4v) is 4.12. The number of nitrogens with one attached hydrogen (secondary N) is 2. The molecule has 152 valence electrons. The third-order valence-corrected chi connectivity index (χ3v) is 5.91. The first-order valence-corrected chi connectivity index (χ1v) is 10.4. The van der Waals surface area contributed by atoms with Gasteiger partial charge < -0.3 is 10.3 Å². The van der Waals surface area contributed by atoms with Gasteiger partial charge in [0.25, 0.3) is 0 Å². The summed E-state index contributed by atoms with van der Waals surface area (Å²) in [6.45, 7) is 2.06. The second-order valence-corrected chi connectivity index (χ2v) is 7.96. The predicted octanol–water partition coefficient (Wildman–Crippen LogP) is 5.31. The molecule has 5 nitrogen and oxygen atoms in total. The minimum absolute atomic E-state index is 0.344. The first-order chi connectivity index (χ1) is 14.7. The van der Waals surface area contributed by atoms with Crippen LogP contribution in [0, 0.1) is 5.82 Å². The minimum atomic E-state index is -0.344. The fraction of sp³-hybridized carbons (Fsp3) is 0.217. The molecule has 0 aliphatic carbocycles. The number of hydrogen-bond acceptors (Lipinski definition) is 3. The van der Waals surface area contributed by atoms with E-state index in [9.17, 15) is 4.39 Å². The molecule has 1 saturated heterocycles. The highest BCUT2D eigenvalue weighted by molar-refractivity contribution is 6.32. The summed E-state index contributed by atoms with van der Waals surface area (Å²) in [6, 6.07) is 6.95. The fourth-order valence-electron chi connectivity index (χ4n) is 3.89. The summed E-state index contributed by atoms with van der Waals surface area (Å²) in [7, 11) is 0. The van der Waals surface area contributed by atoms with Gasteiger partial charge in [0.1, 0.15) is 11.5 Å². The Morgan fingerprint density at radius 2 is 1.90 bits per heavy atom. The quantitative estimate of drug-likeness (QED) is 0.469. The first kappa shape index (κ1) is 19.0. The molecule has 4 aromatic rings. The van der Waals surface area contributed by atoms with E-state index >= 15 is 0 Å². The summed E-state index contributed by atoms with van der Waals surface area (Å²) >= 11 is 6.13.